The van der Waals surface area contributed by atoms with Crippen molar-refractivity contribution in [2.24, 2.45) is 5.73 Å². The van der Waals surface area contributed by atoms with Gasteiger partial charge in [0.2, 0.25) is 5.12 Å². The van der Waals surface area contributed by atoms with Gasteiger partial charge in [-0.1, -0.05) is 12.1 Å². The fourth-order valence-corrected chi connectivity index (χ4v) is 1.16. The molecule has 2 nitrogen and oxygen atoms in total. The van der Waals surface area contributed by atoms with Gasteiger partial charge in [-0.25, -0.2) is 0 Å². The maximum atomic E-state index is 10.8. The van der Waals surface area contributed by atoms with Gasteiger partial charge >= 0.3 is 0 Å². The molecule has 1 aromatic carbocycles. The van der Waals surface area contributed by atoms with Crippen LogP contribution in [0.5, 0.6) is 0 Å². The van der Waals surface area contributed by atoms with Gasteiger partial charge in [0.15, 0.2) is 0 Å². The van der Waals surface area contributed by atoms with E-state index >= 15 is 0 Å². The minimum Gasteiger partial charge on any atom is -0.326 e. The number of hydrogen-bond acceptors (Lipinski definition) is 2. The van der Waals surface area contributed by atoms with Gasteiger partial charge in [-0.15, -0.1) is 12.6 Å². The molecule has 0 fully saturated rings. The van der Waals surface area contributed by atoms with Gasteiger partial charge in [-0.2, -0.15) is 0 Å². The second-order valence-corrected chi connectivity index (χ2v) is 3.06. The van der Waals surface area contributed by atoms with Crippen LogP contribution in [0.4, 0.5) is 0 Å². The monoisotopic (exact) mass is 181 g/mol. The van der Waals surface area contributed by atoms with Crippen LogP contribution in [-0.4, -0.2) is 5.12 Å². The Labute approximate surface area is 77.2 Å². The lowest BCUT2D eigenvalue weighted by Crippen LogP contribution is -2.01. The molecule has 12 heavy (non-hydrogen) atoms. The second kappa shape index (κ2) is 3.74. The van der Waals surface area contributed by atoms with Crippen molar-refractivity contribution in [2.75, 3.05) is 0 Å². The number of carbonyl (C=O) groups is 1. The van der Waals surface area contributed by atoms with Crippen molar-refractivity contribution in [2.45, 2.75) is 13.5 Å². The smallest absolute Gasteiger partial charge is 0.216 e. The van der Waals surface area contributed by atoms with Crippen LogP contribution in [0.2, 0.25) is 0 Å². The average Bonchev–Trinajstić information content (AvgIpc) is 2.05. The van der Waals surface area contributed by atoms with E-state index in [9.17, 15) is 4.79 Å². The van der Waals surface area contributed by atoms with E-state index in [2.05, 4.69) is 12.6 Å². The Balaban J connectivity index is 3.13. The van der Waals surface area contributed by atoms with E-state index in [1.165, 1.54) is 0 Å². The molecule has 0 aliphatic rings. The number of nitrogens with two attached hydrogens (primary N) is 1. The Morgan fingerprint density at radius 2 is 2.25 bits per heavy atom. The van der Waals surface area contributed by atoms with E-state index in [0.717, 1.165) is 11.1 Å². The molecule has 0 aliphatic heterocycles. The number of thiol groups is 1. The number of hydrogen-bond donors (Lipinski definition) is 2. The highest BCUT2D eigenvalue weighted by molar-refractivity contribution is 7.97. The molecule has 0 atom stereocenters. The summed E-state index contributed by atoms with van der Waals surface area (Å²) in [5, 5.41) is -0.218. The van der Waals surface area contributed by atoms with E-state index in [1.54, 1.807) is 12.1 Å². The highest BCUT2D eigenvalue weighted by atomic mass is 32.1. The van der Waals surface area contributed by atoms with Crippen molar-refractivity contribution in [1.82, 2.24) is 0 Å². The normalized spacial score (nSPS) is 9.92. The zero-order chi connectivity index (χ0) is 9.14. The molecule has 0 aromatic heterocycles. The molecule has 0 bridgehead atoms. The lowest BCUT2D eigenvalue weighted by Gasteiger charge is -2.03. The third kappa shape index (κ3) is 1.87. The summed E-state index contributed by atoms with van der Waals surface area (Å²) in [6.07, 6.45) is 0. The SMILES string of the molecule is Cc1ccc(C(=O)S)cc1CN. The van der Waals surface area contributed by atoms with Crippen LogP contribution in [0, 0.1) is 6.92 Å². The Bertz CT molecular complexity index is 309. The minimum absolute atomic E-state index is 0.218. The van der Waals surface area contributed by atoms with Crippen LogP contribution in [-0.2, 0) is 6.54 Å². The zero-order valence-electron chi connectivity index (χ0n) is 6.87. The van der Waals surface area contributed by atoms with E-state index in [1.807, 2.05) is 13.0 Å². The molecular formula is C9H11NOS. The first kappa shape index (κ1) is 9.29. The molecule has 0 amide bonds. The summed E-state index contributed by atoms with van der Waals surface area (Å²) in [5.41, 5.74) is 8.19. The van der Waals surface area contributed by atoms with Crippen LogP contribution in [0.25, 0.3) is 0 Å². The molecule has 3 heteroatoms. The van der Waals surface area contributed by atoms with Crippen molar-refractivity contribution >= 4 is 17.7 Å². The van der Waals surface area contributed by atoms with Crippen molar-refractivity contribution in [1.29, 1.82) is 0 Å². The third-order valence-electron chi connectivity index (χ3n) is 1.82. The fourth-order valence-electron chi connectivity index (χ4n) is 1.02. The molecule has 0 saturated heterocycles. The van der Waals surface area contributed by atoms with Crippen molar-refractivity contribution < 1.29 is 4.79 Å². The molecule has 0 unspecified atom stereocenters. The summed E-state index contributed by atoms with van der Waals surface area (Å²) >= 11 is 3.73. The van der Waals surface area contributed by atoms with Crippen LogP contribution in [0.3, 0.4) is 0 Å². The van der Waals surface area contributed by atoms with Gasteiger partial charge in [-0.3, -0.25) is 4.79 Å². The summed E-state index contributed by atoms with van der Waals surface area (Å²) in [6, 6.07) is 5.42. The highest BCUT2D eigenvalue weighted by Gasteiger charge is 2.02. The molecule has 0 saturated carbocycles. The maximum absolute atomic E-state index is 10.8. The van der Waals surface area contributed by atoms with Crippen LogP contribution in [0.1, 0.15) is 21.5 Å². The number of benzene rings is 1. The molecule has 1 aromatic rings. The second-order valence-electron chi connectivity index (χ2n) is 2.65. The van der Waals surface area contributed by atoms with E-state index < -0.39 is 0 Å². The first-order valence-corrected chi connectivity index (χ1v) is 4.12. The van der Waals surface area contributed by atoms with Crippen LogP contribution in [0.15, 0.2) is 18.2 Å². The van der Waals surface area contributed by atoms with Gasteiger partial charge in [0.25, 0.3) is 0 Å². The standard InChI is InChI=1S/C9H11NOS/c1-6-2-3-7(9(11)12)4-8(6)5-10/h2-4H,5,10H2,1H3,(H,11,12). The minimum atomic E-state index is -0.218. The van der Waals surface area contributed by atoms with Crippen molar-refractivity contribution in [3.63, 3.8) is 0 Å². The molecule has 1 rings (SSSR count). The molecule has 0 aliphatic carbocycles. The molecule has 2 N–H and O–H groups in total. The third-order valence-corrected chi connectivity index (χ3v) is 2.07. The largest absolute Gasteiger partial charge is 0.326 e. The molecular weight excluding hydrogens is 170 g/mol. The Hall–Kier alpha value is -0.800. The quantitative estimate of drug-likeness (QED) is 0.679. The summed E-state index contributed by atoms with van der Waals surface area (Å²) in [6.45, 7) is 2.43. The molecule has 0 spiro atoms. The Morgan fingerprint density at radius 1 is 1.58 bits per heavy atom. The fraction of sp³-hybridized carbons (Fsp3) is 0.222. The van der Waals surface area contributed by atoms with Gasteiger partial charge in [0, 0.05) is 12.1 Å². The molecule has 64 valence electrons. The lowest BCUT2D eigenvalue weighted by molar-refractivity contribution is 0.109. The number of carbonyl (C=O) groups excluding carboxylic acids is 1. The van der Waals surface area contributed by atoms with Crippen LogP contribution < -0.4 is 5.73 Å². The topological polar surface area (TPSA) is 43.1 Å². The number of aryl methyl sites for hydroxylation is 1. The maximum Gasteiger partial charge on any atom is 0.216 e. The van der Waals surface area contributed by atoms with Gasteiger partial charge in [-0.05, 0) is 24.1 Å². The average molecular weight is 181 g/mol. The summed E-state index contributed by atoms with van der Waals surface area (Å²) < 4.78 is 0. The predicted molar refractivity (Wildman–Crippen MR) is 52.4 cm³/mol. The van der Waals surface area contributed by atoms with Crippen molar-refractivity contribution in [3.8, 4) is 0 Å². The van der Waals surface area contributed by atoms with Gasteiger partial charge < -0.3 is 5.73 Å². The van der Waals surface area contributed by atoms with Crippen LogP contribution >= 0.6 is 12.6 Å². The van der Waals surface area contributed by atoms with Gasteiger partial charge in [0.1, 0.15) is 0 Å². The van der Waals surface area contributed by atoms with E-state index in [0.29, 0.717) is 12.1 Å². The van der Waals surface area contributed by atoms with Crippen molar-refractivity contribution in [3.05, 3.63) is 34.9 Å². The lowest BCUT2D eigenvalue weighted by atomic mass is 10.1. The number of rotatable bonds is 2. The summed E-state index contributed by atoms with van der Waals surface area (Å²) in [5.74, 6) is 0. The molecule has 0 radical (unpaired) electrons. The predicted octanol–water partition coefficient (Wildman–Crippen LogP) is 1.52. The first-order valence-electron chi connectivity index (χ1n) is 3.68. The van der Waals surface area contributed by atoms with E-state index in [-0.39, 0.29) is 5.12 Å². The zero-order valence-corrected chi connectivity index (χ0v) is 7.77. The highest BCUT2D eigenvalue weighted by Crippen LogP contribution is 2.11. The first-order chi connectivity index (χ1) is 5.65. The summed E-state index contributed by atoms with van der Waals surface area (Å²) in [4.78, 5) is 10.8. The van der Waals surface area contributed by atoms with Gasteiger partial charge in [0.05, 0.1) is 0 Å². The van der Waals surface area contributed by atoms with E-state index in [4.69, 9.17) is 5.73 Å². The Kier molecular flexibility index (Phi) is 2.89. The molecule has 0 heterocycles. The summed E-state index contributed by atoms with van der Waals surface area (Å²) in [7, 11) is 0. The Morgan fingerprint density at radius 3 is 2.75 bits per heavy atom.